The predicted octanol–water partition coefficient (Wildman–Crippen LogP) is 8.06. The van der Waals surface area contributed by atoms with E-state index >= 15 is 0 Å². The molecule has 0 radical (unpaired) electrons. The molecule has 0 atom stereocenters. The first-order valence-corrected chi connectivity index (χ1v) is 13.3. The molecule has 38 heavy (non-hydrogen) atoms. The number of allylic oxidation sites excluding steroid dienone is 2. The van der Waals surface area contributed by atoms with Gasteiger partial charge in [0.25, 0.3) is 0 Å². The first-order chi connectivity index (χ1) is 18.3. The predicted molar refractivity (Wildman–Crippen MR) is 153 cm³/mol. The van der Waals surface area contributed by atoms with Crippen molar-refractivity contribution in [1.82, 2.24) is 0 Å². The maximum atomic E-state index is 14.1. The minimum absolute atomic E-state index is 0.0623. The molecule has 0 saturated heterocycles. The zero-order chi connectivity index (χ0) is 26.9. The Balaban J connectivity index is 1.80. The van der Waals surface area contributed by atoms with Gasteiger partial charge in [0.1, 0.15) is 16.5 Å². The van der Waals surface area contributed by atoms with Crippen molar-refractivity contribution in [2.24, 2.45) is 5.41 Å². The van der Waals surface area contributed by atoms with Gasteiger partial charge >= 0.3 is 0 Å². The van der Waals surface area contributed by atoms with E-state index in [-0.39, 0.29) is 22.7 Å². The van der Waals surface area contributed by atoms with Crippen LogP contribution in [-0.2, 0) is 4.79 Å². The third kappa shape index (κ3) is 5.00. The zero-order valence-corrected chi connectivity index (χ0v) is 22.4. The number of nitrogens with one attached hydrogen (secondary N) is 1. The van der Waals surface area contributed by atoms with E-state index in [9.17, 15) is 14.7 Å². The van der Waals surface area contributed by atoms with Crippen LogP contribution in [0.4, 0.5) is 10.7 Å². The number of ketones is 2. The molecule has 0 fully saturated rings. The largest absolute Gasteiger partial charge is 0.511 e. The summed E-state index contributed by atoms with van der Waals surface area (Å²) in [5.74, 6) is 0.453. The Morgan fingerprint density at radius 2 is 1.55 bits per heavy atom. The van der Waals surface area contributed by atoms with Gasteiger partial charge in [-0.15, -0.1) is 11.3 Å². The van der Waals surface area contributed by atoms with Crippen molar-refractivity contribution in [2.45, 2.75) is 26.7 Å². The van der Waals surface area contributed by atoms with Gasteiger partial charge in [0.2, 0.25) is 0 Å². The molecule has 5 nitrogen and oxygen atoms in total. The SMILES string of the molecule is COc1ccc(-c2c(C3=C(O)CC(C)(C)CC3=O)sc(Nc3ccccc3)c2C(=O)c2ccccc2)cc1. The van der Waals surface area contributed by atoms with Crippen LogP contribution in [0.15, 0.2) is 90.7 Å². The van der Waals surface area contributed by atoms with E-state index in [2.05, 4.69) is 5.32 Å². The lowest BCUT2D eigenvalue weighted by Crippen LogP contribution is -2.25. The Morgan fingerprint density at radius 3 is 2.16 bits per heavy atom. The minimum Gasteiger partial charge on any atom is -0.511 e. The van der Waals surface area contributed by atoms with Gasteiger partial charge in [-0.05, 0) is 35.2 Å². The number of methoxy groups -OCH3 is 1. The number of aliphatic hydroxyl groups is 1. The molecule has 5 rings (SSSR count). The Hall–Kier alpha value is -4.16. The molecule has 1 aliphatic rings. The molecule has 0 saturated carbocycles. The molecule has 2 N–H and O–H groups in total. The Morgan fingerprint density at radius 1 is 0.921 bits per heavy atom. The van der Waals surface area contributed by atoms with Gasteiger partial charge < -0.3 is 15.2 Å². The molecule has 1 aromatic heterocycles. The van der Waals surface area contributed by atoms with Crippen LogP contribution in [0, 0.1) is 5.41 Å². The molecule has 1 heterocycles. The number of ether oxygens (including phenoxy) is 1. The summed E-state index contributed by atoms with van der Waals surface area (Å²) < 4.78 is 5.36. The van der Waals surface area contributed by atoms with Crippen LogP contribution in [-0.4, -0.2) is 23.8 Å². The molecule has 0 bridgehead atoms. The van der Waals surface area contributed by atoms with Crippen molar-refractivity contribution in [1.29, 1.82) is 0 Å². The normalized spacial score (nSPS) is 14.9. The summed E-state index contributed by atoms with van der Waals surface area (Å²) in [7, 11) is 1.60. The van der Waals surface area contributed by atoms with Gasteiger partial charge in [-0.3, -0.25) is 9.59 Å². The number of carbonyl (C=O) groups excluding carboxylic acids is 2. The van der Waals surface area contributed by atoms with E-state index in [1.54, 1.807) is 19.2 Å². The smallest absolute Gasteiger partial charge is 0.196 e. The number of thiophene rings is 1. The van der Waals surface area contributed by atoms with E-state index in [0.29, 0.717) is 50.7 Å². The van der Waals surface area contributed by atoms with Gasteiger partial charge in [0.15, 0.2) is 11.6 Å². The van der Waals surface area contributed by atoms with E-state index in [1.165, 1.54) is 11.3 Å². The number of hydrogen-bond acceptors (Lipinski definition) is 6. The van der Waals surface area contributed by atoms with E-state index < -0.39 is 0 Å². The van der Waals surface area contributed by atoms with Crippen LogP contribution in [0.1, 0.15) is 47.5 Å². The summed E-state index contributed by atoms with van der Waals surface area (Å²) >= 11 is 1.32. The fourth-order valence-electron chi connectivity index (χ4n) is 4.88. The van der Waals surface area contributed by atoms with Gasteiger partial charge in [0.05, 0.1) is 23.1 Å². The zero-order valence-electron chi connectivity index (χ0n) is 21.6. The molecule has 6 heteroatoms. The number of Topliss-reactive ketones (excluding diaryl/α,β-unsaturated/α-hetero) is 1. The summed E-state index contributed by atoms with van der Waals surface area (Å²) in [6, 6.07) is 26.1. The topological polar surface area (TPSA) is 75.6 Å². The third-order valence-electron chi connectivity index (χ3n) is 6.66. The molecule has 0 amide bonds. The lowest BCUT2D eigenvalue weighted by atomic mass is 9.75. The van der Waals surface area contributed by atoms with E-state index in [4.69, 9.17) is 4.74 Å². The second-order valence-corrected chi connectivity index (χ2v) is 11.2. The van der Waals surface area contributed by atoms with Crippen LogP contribution in [0.2, 0.25) is 0 Å². The van der Waals surface area contributed by atoms with Crippen molar-refractivity contribution in [3.8, 4) is 16.9 Å². The highest BCUT2D eigenvalue weighted by Crippen LogP contribution is 2.49. The molecule has 3 aromatic carbocycles. The number of benzene rings is 3. The van der Waals surface area contributed by atoms with Gasteiger partial charge in [-0.1, -0.05) is 74.5 Å². The van der Waals surface area contributed by atoms with Crippen molar-refractivity contribution >= 4 is 39.2 Å². The Bertz CT molecular complexity index is 1520. The van der Waals surface area contributed by atoms with Crippen LogP contribution in [0.25, 0.3) is 16.7 Å². The van der Waals surface area contributed by atoms with Crippen LogP contribution in [0.3, 0.4) is 0 Å². The molecule has 0 spiro atoms. The summed E-state index contributed by atoms with van der Waals surface area (Å²) in [4.78, 5) is 28.2. The Labute approximate surface area is 226 Å². The number of para-hydroxylation sites is 1. The van der Waals surface area contributed by atoms with E-state index in [1.807, 2.05) is 86.6 Å². The average molecular weight is 524 g/mol. The summed E-state index contributed by atoms with van der Waals surface area (Å²) in [5.41, 5.74) is 3.16. The molecular formula is C32H29NO4S. The quantitative estimate of drug-likeness (QED) is 0.240. The molecule has 192 valence electrons. The number of anilines is 2. The highest BCUT2D eigenvalue weighted by atomic mass is 32.1. The van der Waals surface area contributed by atoms with Crippen LogP contribution >= 0.6 is 11.3 Å². The molecule has 0 unspecified atom stereocenters. The number of carbonyl (C=O) groups is 2. The van der Waals surface area contributed by atoms with Crippen molar-refractivity contribution in [3.63, 3.8) is 0 Å². The second kappa shape index (κ2) is 10.3. The van der Waals surface area contributed by atoms with Crippen molar-refractivity contribution in [2.75, 3.05) is 12.4 Å². The first-order valence-electron chi connectivity index (χ1n) is 12.5. The van der Waals surface area contributed by atoms with Crippen molar-refractivity contribution in [3.05, 3.63) is 107 Å². The highest BCUT2D eigenvalue weighted by Gasteiger charge is 2.37. The van der Waals surface area contributed by atoms with Gasteiger partial charge in [-0.2, -0.15) is 0 Å². The average Bonchev–Trinajstić information content (AvgIpc) is 3.26. The summed E-state index contributed by atoms with van der Waals surface area (Å²) in [6.07, 6.45) is 0.702. The van der Waals surface area contributed by atoms with Gasteiger partial charge in [0, 0.05) is 29.7 Å². The number of rotatable bonds is 7. The molecule has 1 aliphatic carbocycles. The van der Waals surface area contributed by atoms with E-state index in [0.717, 1.165) is 11.3 Å². The molecule has 4 aromatic rings. The Kier molecular flexibility index (Phi) is 6.91. The fourth-order valence-corrected chi connectivity index (χ4v) is 6.20. The lowest BCUT2D eigenvalue weighted by molar-refractivity contribution is -0.116. The summed E-state index contributed by atoms with van der Waals surface area (Å²) in [5, 5.41) is 15.2. The standard InChI is InChI=1S/C32H29NO4S/c1-32(2)18-24(34)27(25(35)19-32)30-26(20-14-16-23(37-3)17-15-20)28(29(36)21-10-6-4-7-11-21)31(38-30)33-22-12-8-5-9-13-22/h4-17,33-34H,18-19H2,1-3H3. The lowest BCUT2D eigenvalue weighted by Gasteiger charge is -2.29. The monoisotopic (exact) mass is 523 g/mol. The van der Waals surface area contributed by atoms with Crippen LogP contribution < -0.4 is 10.1 Å². The fraction of sp³-hybridized carbons (Fsp3) is 0.188. The molecule has 0 aliphatic heterocycles. The third-order valence-corrected chi connectivity index (χ3v) is 7.78. The molecular weight excluding hydrogens is 494 g/mol. The second-order valence-electron chi connectivity index (χ2n) is 10.2. The van der Waals surface area contributed by atoms with Crippen LogP contribution in [0.5, 0.6) is 5.75 Å². The van der Waals surface area contributed by atoms with Gasteiger partial charge in [-0.25, -0.2) is 0 Å². The first kappa shape index (κ1) is 25.5. The maximum absolute atomic E-state index is 14.1. The minimum atomic E-state index is -0.337. The van der Waals surface area contributed by atoms with Crippen molar-refractivity contribution < 1.29 is 19.4 Å². The summed E-state index contributed by atoms with van der Waals surface area (Å²) in [6.45, 7) is 3.95. The number of aliphatic hydroxyl groups excluding tert-OH is 1. The highest BCUT2D eigenvalue weighted by molar-refractivity contribution is 7.18. The number of hydrogen-bond donors (Lipinski definition) is 2. The maximum Gasteiger partial charge on any atom is 0.196 e.